The molecule has 0 aliphatic carbocycles. The van der Waals surface area contributed by atoms with Crippen molar-refractivity contribution in [1.29, 1.82) is 0 Å². The summed E-state index contributed by atoms with van der Waals surface area (Å²) in [6, 6.07) is 3.35. The number of carbonyl (C=O) groups is 3. The first kappa shape index (κ1) is 19.3. The molecule has 0 saturated carbocycles. The van der Waals surface area contributed by atoms with Gasteiger partial charge >= 0.3 is 0 Å². The molecule has 0 saturated heterocycles. The summed E-state index contributed by atoms with van der Waals surface area (Å²) in [4.78, 5) is 37.3. The maximum atomic E-state index is 12.6. The zero-order chi connectivity index (χ0) is 17.4. The molecule has 0 spiro atoms. The normalized spacial score (nSPS) is 10.6. The number of benzene rings is 1. The van der Waals surface area contributed by atoms with E-state index in [9.17, 15) is 14.4 Å². The quantitative estimate of drug-likeness (QED) is 0.570. The summed E-state index contributed by atoms with van der Waals surface area (Å²) in [6.45, 7) is 9.71. The summed E-state index contributed by atoms with van der Waals surface area (Å²) in [7, 11) is 0. The summed E-state index contributed by atoms with van der Waals surface area (Å²) in [5.74, 6) is -0.0703. The van der Waals surface area contributed by atoms with Crippen molar-refractivity contribution < 1.29 is 14.4 Å². The van der Waals surface area contributed by atoms with E-state index in [2.05, 4.69) is 6.92 Å². The Labute approximate surface area is 139 Å². The van der Waals surface area contributed by atoms with Crippen LogP contribution in [-0.2, 0) is 6.42 Å². The third kappa shape index (κ3) is 4.60. The van der Waals surface area contributed by atoms with Gasteiger partial charge in [0, 0.05) is 36.0 Å². The van der Waals surface area contributed by atoms with Crippen molar-refractivity contribution in [2.75, 3.05) is 0 Å². The molecule has 0 atom stereocenters. The van der Waals surface area contributed by atoms with E-state index in [1.807, 2.05) is 20.8 Å². The Morgan fingerprint density at radius 2 is 1.22 bits per heavy atom. The Bertz CT molecular complexity index is 585. The highest BCUT2D eigenvalue weighted by Crippen LogP contribution is 2.25. The van der Waals surface area contributed by atoms with Crippen LogP contribution >= 0.6 is 0 Å². The first-order valence-corrected chi connectivity index (χ1v) is 8.56. The van der Waals surface area contributed by atoms with Gasteiger partial charge in [-0.3, -0.25) is 14.4 Å². The second-order valence-electron chi connectivity index (χ2n) is 5.78. The predicted molar refractivity (Wildman–Crippen MR) is 93.2 cm³/mol. The van der Waals surface area contributed by atoms with Crippen LogP contribution in [0.1, 0.15) is 95.9 Å². The van der Waals surface area contributed by atoms with Gasteiger partial charge in [-0.25, -0.2) is 0 Å². The lowest BCUT2D eigenvalue weighted by molar-refractivity contribution is 0.0945. The largest absolute Gasteiger partial charge is 0.294 e. The molecule has 1 rings (SSSR count). The van der Waals surface area contributed by atoms with E-state index in [1.165, 1.54) is 0 Å². The van der Waals surface area contributed by atoms with Crippen LogP contribution in [0.4, 0.5) is 0 Å². The van der Waals surface area contributed by atoms with Crippen molar-refractivity contribution in [1.82, 2.24) is 0 Å². The van der Waals surface area contributed by atoms with Crippen molar-refractivity contribution in [2.24, 2.45) is 0 Å². The Morgan fingerprint density at radius 1 is 0.783 bits per heavy atom. The molecule has 0 bridgehead atoms. The molecule has 1 aromatic rings. The van der Waals surface area contributed by atoms with Gasteiger partial charge in [-0.05, 0) is 44.2 Å². The fourth-order valence-electron chi connectivity index (χ4n) is 2.80. The van der Waals surface area contributed by atoms with Gasteiger partial charge in [-0.2, -0.15) is 0 Å². The highest BCUT2D eigenvalue weighted by Gasteiger charge is 2.23. The van der Waals surface area contributed by atoms with Crippen LogP contribution < -0.4 is 0 Å². The highest BCUT2D eigenvalue weighted by atomic mass is 16.1. The van der Waals surface area contributed by atoms with E-state index in [4.69, 9.17) is 0 Å². The monoisotopic (exact) mass is 315 g/mol. The Hall–Kier alpha value is -1.77. The van der Waals surface area contributed by atoms with E-state index >= 15 is 0 Å². The van der Waals surface area contributed by atoms with Gasteiger partial charge in [0.15, 0.2) is 17.3 Å². The lowest BCUT2D eigenvalue weighted by Crippen LogP contribution is -2.16. The smallest absolute Gasteiger partial charge is 0.163 e. The van der Waals surface area contributed by atoms with Crippen molar-refractivity contribution in [3.8, 4) is 0 Å². The molecule has 0 amide bonds. The first-order valence-electron chi connectivity index (χ1n) is 8.56. The van der Waals surface area contributed by atoms with Gasteiger partial charge < -0.3 is 0 Å². The van der Waals surface area contributed by atoms with Crippen LogP contribution in [-0.4, -0.2) is 17.3 Å². The molecule has 0 unspecified atom stereocenters. The molecule has 125 valence electrons. The Kier molecular flexibility index (Phi) is 7.87. The fraction of sp³-hybridized carbons (Fsp3) is 0.500. The standard InChI is InChI=1S/C20H27O3/c1-5-9-17(21)15-12-13-16(18(22)10-6-2)20(14(15)8-4)19(23)11-7-3/h12-13H,4-11H2,1-3H3. The van der Waals surface area contributed by atoms with Crippen molar-refractivity contribution in [2.45, 2.75) is 65.7 Å². The summed E-state index contributed by atoms with van der Waals surface area (Å²) < 4.78 is 0. The van der Waals surface area contributed by atoms with Crippen LogP contribution in [0.2, 0.25) is 0 Å². The minimum atomic E-state index is -0.0586. The molecule has 0 heterocycles. The van der Waals surface area contributed by atoms with Crippen molar-refractivity contribution in [3.63, 3.8) is 0 Å². The van der Waals surface area contributed by atoms with E-state index < -0.39 is 0 Å². The minimum Gasteiger partial charge on any atom is -0.294 e. The van der Waals surface area contributed by atoms with Crippen molar-refractivity contribution in [3.05, 3.63) is 41.3 Å². The zero-order valence-corrected chi connectivity index (χ0v) is 14.5. The summed E-state index contributed by atoms with van der Waals surface area (Å²) in [5, 5.41) is 0. The molecule has 3 nitrogen and oxygen atoms in total. The lowest BCUT2D eigenvalue weighted by atomic mass is 9.86. The summed E-state index contributed by atoms with van der Waals surface area (Å²) in [6.07, 6.45) is 3.76. The number of hydrogen-bond acceptors (Lipinski definition) is 3. The predicted octanol–water partition coefficient (Wildman–Crippen LogP) is 5.01. The highest BCUT2D eigenvalue weighted by molar-refractivity contribution is 6.12. The molecule has 0 aliphatic rings. The van der Waals surface area contributed by atoms with Crippen LogP contribution in [0, 0.1) is 6.92 Å². The third-order valence-electron chi connectivity index (χ3n) is 3.87. The van der Waals surface area contributed by atoms with Gasteiger partial charge in [-0.1, -0.05) is 26.8 Å². The van der Waals surface area contributed by atoms with E-state index in [0.717, 1.165) is 12.8 Å². The number of hydrogen-bond donors (Lipinski definition) is 0. The average Bonchev–Trinajstić information content (AvgIpc) is 2.53. The second-order valence-corrected chi connectivity index (χ2v) is 5.78. The van der Waals surface area contributed by atoms with E-state index in [1.54, 1.807) is 12.1 Å². The molecule has 1 radical (unpaired) electrons. The number of Topliss-reactive ketones (excluding diaryl/α,β-unsaturated/α-hetero) is 3. The molecule has 0 aromatic heterocycles. The molecule has 0 fully saturated rings. The number of carbonyl (C=O) groups excluding carboxylic acids is 3. The third-order valence-corrected chi connectivity index (χ3v) is 3.87. The Balaban J connectivity index is 3.52. The number of rotatable bonds is 10. The topological polar surface area (TPSA) is 51.2 Å². The molecule has 0 N–H and O–H groups in total. The lowest BCUT2D eigenvalue weighted by Gasteiger charge is -2.16. The molecule has 1 aromatic carbocycles. The summed E-state index contributed by atoms with van der Waals surface area (Å²) >= 11 is 0. The van der Waals surface area contributed by atoms with Gasteiger partial charge in [0.1, 0.15) is 0 Å². The van der Waals surface area contributed by atoms with E-state index in [0.29, 0.717) is 54.4 Å². The van der Waals surface area contributed by atoms with Crippen molar-refractivity contribution >= 4 is 17.3 Å². The molecular weight excluding hydrogens is 288 g/mol. The van der Waals surface area contributed by atoms with Crippen LogP contribution in [0.3, 0.4) is 0 Å². The number of ketones is 3. The van der Waals surface area contributed by atoms with Gasteiger partial charge in [0.2, 0.25) is 0 Å². The molecule has 23 heavy (non-hydrogen) atoms. The maximum absolute atomic E-state index is 12.6. The van der Waals surface area contributed by atoms with Gasteiger partial charge in [0.25, 0.3) is 0 Å². The molecule has 0 aliphatic heterocycles. The van der Waals surface area contributed by atoms with E-state index in [-0.39, 0.29) is 17.3 Å². The molecular formula is C20H27O3. The van der Waals surface area contributed by atoms with Gasteiger partial charge in [-0.15, -0.1) is 0 Å². The second kappa shape index (κ2) is 9.39. The SMILES string of the molecule is [CH2]Cc1c(C(=O)CCC)ccc(C(=O)CCC)c1C(=O)CCC. The van der Waals surface area contributed by atoms with Crippen LogP contribution in [0.15, 0.2) is 12.1 Å². The minimum absolute atomic E-state index is 0.0196. The maximum Gasteiger partial charge on any atom is 0.163 e. The van der Waals surface area contributed by atoms with Crippen LogP contribution in [0.5, 0.6) is 0 Å². The average molecular weight is 315 g/mol. The van der Waals surface area contributed by atoms with Crippen LogP contribution in [0.25, 0.3) is 0 Å². The first-order chi connectivity index (χ1) is 11.0. The fourth-order valence-corrected chi connectivity index (χ4v) is 2.80. The zero-order valence-electron chi connectivity index (χ0n) is 14.5. The Morgan fingerprint density at radius 3 is 1.70 bits per heavy atom. The van der Waals surface area contributed by atoms with Gasteiger partial charge in [0.05, 0.1) is 0 Å². The molecule has 3 heteroatoms. The summed E-state index contributed by atoms with van der Waals surface area (Å²) in [5.41, 5.74) is 2.08.